The molecule has 1 aromatic rings. The summed E-state index contributed by atoms with van der Waals surface area (Å²) in [5.41, 5.74) is 0. The number of rotatable bonds is 5. The van der Waals surface area contributed by atoms with Crippen LogP contribution >= 0.6 is 0 Å². The first-order valence-electron chi connectivity index (χ1n) is 4.49. The summed E-state index contributed by atoms with van der Waals surface area (Å²) in [6.45, 7) is 4.34. The van der Waals surface area contributed by atoms with E-state index in [1.165, 1.54) is 6.26 Å². The molecule has 5 nitrogen and oxygen atoms in total. The summed E-state index contributed by atoms with van der Waals surface area (Å²) in [7, 11) is 0. The summed E-state index contributed by atoms with van der Waals surface area (Å²) in [5.74, 6) is -0.817. The highest BCUT2D eigenvalue weighted by Gasteiger charge is 2.15. The van der Waals surface area contributed by atoms with Crippen molar-refractivity contribution in [3.8, 4) is 0 Å². The van der Waals surface area contributed by atoms with Gasteiger partial charge in [0.1, 0.15) is 6.26 Å². The van der Waals surface area contributed by atoms with Crippen LogP contribution in [-0.4, -0.2) is 28.6 Å². The molecule has 0 aliphatic carbocycles. The number of carbonyl (C=O) groups is 1. The second kappa shape index (κ2) is 4.64. The zero-order chi connectivity index (χ0) is 10.6. The van der Waals surface area contributed by atoms with Crippen molar-refractivity contribution >= 4 is 12.0 Å². The molecule has 14 heavy (non-hydrogen) atoms. The Hall–Kier alpha value is -1.52. The number of anilines is 1. The van der Waals surface area contributed by atoms with Crippen LogP contribution in [0.1, 0.15) is 20.3 Å². The fourth-order valence-electron chi connectivity index (χ4n) is 1.15. The van der Waals surface area contributed by atoms with Crippen LogP contribution in [0.4, 0.5) is 6.01 Å². The molecule has 0 radical (unpaired) electrons. The van der Waals surface area contributed by atoms with Gasteiger partial charge in [-0.2, -0.15) is 0 Å². The fourth-order valence-corrected chi connectivity index (χ4v) is 1.15. The van der Waals surface area contributed by atoms with E-state index >= 15 is 0 Å². The number of carboxylic acids is 1. The van der Waals surface area contributed by atoms with Crippen LogP contribution in [0.25, 0.3) is 0 Å². The van der Waals surface area contributed by atoms with Crippen LogP contribution in [0.3, 0.4) is 0 Å². The summed E-state index contributed by atoms with van der Waals surface area (Å²) in [5, 5.41) is 8.56. The average Bonchev–Trinajstić information content (AvgIpc) is 2.56. The minimum atomic E-state index is -0.817. The van der Waals surface area contributed by atoms with E-state index < -0.39 is 5.97 Å². The molecule has 0 aliphatic rings. The van der Waals surface area contributed by atoms with Gasteiger partial charge in [0.05, 0.1) is 12.6 Å². The normalized spacial score (nSPS) is 10.5. The summed E-state index contributed by atoms with van der Waals surface area (Å²) in [6.07, 6.45) is 3.11. The van der Waals surface area contributed by atoms with Crippen molar-refractivity contribution in [3.05, 3.63) is 12.5 Å². The van der Waals surface area contributed by atoms with Crippen LogP contribution in [0.15, 0.2) is 16.9 Å². The second-order valence-electron chi connectivity index (χ2n) is 3.25. The molecule has 0 unspecified atom stereocenters. The molecule has 0 aliphatic heterocycles. The van der Waals surface area contributed by atoms with E-state index in [2.05, 4.69) is 4.98 Å². The SMILES string of the molecule is CC(C)N(CCC(=O)O)c1ncco1. The Morgan fingerprint density at radius 2 is 2.43 bits per heavy atom. The van der Waals surface area contributed by atoms with Gasteiger partial charge in [0.2, 0.25) is 0 Å². The summed E-state index contributed by atoms with van der Waals surface area (Å²) in [4.78, 5) is 16.2. The van der Waals surface area contributed by atoms with Crippen LogP contribution in [0, 0.1) is 0 Å². The molecular formula is C9H14N2O3. The number of aliphatic carboxylic acids is 1. The highest BCUT2D eigenvalue weighted by atomic mass is 16.4. The molecule has 0 bridgehead atoms. The number of oxazole rings is 1. The van der Waals surface area contributed by atoms with E-state index in [0.29, 0.717) is 12.6 Å². The van der Waals surface area contributed by atoms with Crippen molar-refractivity contribution < 1.29 is 14.3 Å². The lowest BCUT2D eigenvalue weighted by Gasteiger charge is -2.23. The highest BCUT2D eigenvalue weighted by Crippen LogP contribution is 2.13. The number of carboxylic acid groups (broad SMARTS) is 1. The first-order chi connectivity index (χ1) is 6.61. The zero-order valence-corrected chi connectivity index (χ0v) is 8.30. The zero-order valence-electron chi connectivity index (χ0n) is 8.30. The van der Waals surface area contributed by atoms with Gasteiger partial charge in [-0.25, -0.2) is 4.98 Å². The molecule has 0 atom stereocenters. The van der Waals surface area contributed by atoms with Gasteiger partial charge in [-0.05, 0) is 13.8 Å². The van der Waals surface area contributed by atoms with E-state index in [4.69, 9.17) is 9.52 Å². The molecule has 1 N–H and O–H groups in total. The standard InChI is InChI=1S/C9H14N2O3/c1-7(2)11(5-3-8(12)13)9-10-4-6-14-9/h4,6-7H,3,5H2,1-2H3,(H,12,13). The number of nitrogens with zero attached hydrogens (tertiary/aromatic N) is 2. The molecule has 0 fully saturated rings. The van der Waals surface area contributed by atoms with Gasteiger partial charge in [0.25, 0.3) is 6.01 Å². The van der Waals surface area contributed by atoms with Gasteiger partial charge in [-0.3, -0.25) is 4.79 Å². The van der Waals surface area contributed by atoms with Crippen molar-refractivity contribution in [2.45, 2.75) is 26.3 Å². The predicted molar refractivity (Wildman–Crippen MR) is 51.2 cm³/mol. The van der Waals surface area contributed by atoms with E-state index in [1.54, 1.807) is 6.20 Å². The second-order valence-corrected chi connectivity index (χ2v) is 3.25. The van der Waals surface area contributed by atoms with Gasteiger partial charge in [-0.15, -0.1) is 0 Å². The lowest BCUT2D eigenvalue weighted by molar-refractivity contribution is -0.136. The van der Waals surface area contributed by atoms with Gasteiger partial charge >= 0.3 is 5.97 Å². The lowest BCUT2D eigenvalue weighted by Crippen LogP contribution is -2.33. The van der Waals surface area contributed by atoms with Crippen molar-refractivity contribution in [1.29, 1.82) is 0 Å². The Kier molecular flexibility index (Phi) is 3.50. The quantitative estimate of drug-likeness (QED) is 0.773. The molecule has 78 valence electrons. The Morgan fingerprint density at radius 1 is 1.71 bits per heavy atom. The van der Waals surface area contributed by atoms with Crippen LogP contribution in [-0.2, 0) is 4.79 Å². The largest absolute Gasteiger partial charge is 0.481 e. The molecule has 0 amide bonds. The van der Waals surface area contributed by atoms with Crippen molar-refractivity contribution in [2.24, 2.45) is 0 Å². The molecular weight excluding hydrogens is 184 g/mol. The van der Waals surface area contributed by atoms with E-state index in [1.807, 2.05) is 18.7 Å². The molecule has 0 saturated heterocycles. The topological polar surface area (TPSA) is 66.6 Å². The molecule has 0 aromatic carbocycles. The minimum Gasteiger partial charge on any atom is -0.481 e. The third-order valence-electron chi connectivity index (χ3n) is 1.85. The van der Waals surface area contributed by atoms with Gasteiger partial charge < -0.3 is 14.4 Å². The third kappa shape index (κ3) is 2.76. The monoisotopic (exact) mass is 198 g/mol. The fraction of sp³-hybridized carbons (Fsp3) is 0.556. The van der Waals surface area contributed by atoms with Crippen LogP contribution < -0.4 is 4.90 Å². The third-order valence-corrected chi connectivity index (χ3v) is 1.85. The van der Waals surface area contributed by atoms with E-state index in [0.717, 1.165) is 0 Å². The molecule has 0 saturated carbocycles. The maximum absolute atomic E-state index is 10.4. The van der Waals surface area contributed by atoms with Crippen molar-refractivity contribution in [1.82, 2.24) is 4.98 Å². The van der Waals surface area contributed by atoms with Crippen molar-refractivity contribution in [3.63, 3.8) is 0 Å². The highest BCUT2D eigenvalue weighted by molar-refractivity contribution is 5.67. The van der Waals surface area contributed by atoms with Crippen molar-refractivity contribution in [2.75, 3.05) is 11.4 Å². The Bertz CT molecular complexity index is 282. The first-order valence-corrected chi connectivity index (χ1v) is 4.49. The summed E-state index contributed by atoms with van der Waals surface area (Å²) < 4.78 is 5.11. The lowest BCUT2D eigenvalue weighted by atomic mass is 10.3. The average molecular weight is 198 g/mol. The minimum absolute atomic E-state index is 0.0839. The molecule has 1 heterocycles. The van der Waals surface area contributed by atoms with Gasteiger partial charge in [0, 0.05) is 12.6 Å². The predicted octanol–water partition coefficient (Wildman–Crippen LogP) is 1.36. The Balaban J connectivity index is 2.61. The maximum atomic E-state index is 10.4. The maximum Gasteiger partial charge on any atom is 0.305 e. The summed E-state index contributed by atoms with van der Waals surface area (Å²) >= 11 is 0. The smallest absolute Gasteiger partial charge is 0.305 e. The first kappa shape index (κ1) is 10.6. The number of hydrogen-bond donors (Lipinski definition) is 1. The number of hydrogen-bond acceptors (Lipinski definition) is 4. The summed E-state index contributed by atoms with van der Waals surface area (Å²) in [6, 6.07) is 0.647. The van der Waals surface area contributed by atoms with Crippen LogP contribution in [0.2, 0.25) is 0 Å². The van der Waals surface area contributed by atoms with E-state index in [9.17, 15) is 4.79 Å². The number of aromatic nitrogens is 1. The Labute approximate surface area is 82.4 Å². The van der Waals surface area contributed by atoms with Gasteiger partial charge in [0.15, 0.2) is 0 Å². The molecule has 1 rings (SSSR count). The van der Waals surface area contributed by atoms with Crippen LogP contribution in [0.5, 0.6) is 0 Å². The molecule has 1 aromatic heterocycles. The van der Waals surface area contributed by atoms with E-state index in [-0.39, 0.29) is 12.5 Å². The van der Waals surface area contributed by atoms with Gasteiger partial charge in [-0.1, -0.05) is 0 Å². The molecule has 0 spiro atoms. The Morgan fingerprint density at radius 3 is 2.86 bits per heavy atom. The molecule has 5 heteroatoms.